The minimum absolute atomic E-state index is 0. The fourth-order valence-corrected chi connectivity index (χ4v) is 8.36. The minimum atomic E-state index is -0.669. The number of nitrogens with two attached hydrogens (primary N) is 2. The van der Waals surface area contributed by atoms with Crippen molar-refractivity contribution in [3.8, 4) is 22.7 Å². The maximum Gasteiger partial charge on any atom is 0.412 e. The number of aliphatic imine (C=N–C) groups is 1. The van der Waals surface area contributed by atoms with Gasteiger partial charge in [-0.05, 0) is 126 Å². The second-order valence-electron chi connectivity index (χ2n) is 22.6. The van der Waals surface area contributed by atoms with Crippen molar-refractivity contribution in [3.63, 3.8) is 0 Å². The number of nitro groups is 3. The Morgan fingerprint density at radius 2 is 0.904 bits per heavy atom. The van der Waals surface area contributed by atoms with Gasteiger partial charge in [0, 0.05) is 32.3 Å². The quantitative estimate of drug-likeness (QED) is 0.0169. The number of para-hydroxylation sites is 4. The molecule has 0 saturated heterocycles. The van der Waals surface area contributed by atoms with Crippen molar-refractivity contribution in [2.75, 3.05) is 34.0 Å². The van der Waals surface area contributed by atoms with E-state index in [-0.39, 0.29) is 94.8 Å². The smallest absolute Gasteiger partial charge is 0.412 e. The molecule has 33 nitrogen and oxygen atoms in total. The van der Waals surface area contributed by atoms with Crippen LogP contribution in [0.25, 0.3) is 22.7 Å². The Bertz CT molecular complexity index is 4620. The first-order chi connectivity index (χ1) is 48.2. The molecule has 7 N–H and O–H groups in total. The van der Waals surface area contributed by atoms with Crippen molar-refractivity contribution in [1.29, 1.82) is 0 Å². The summed E-state index contributed by atoms with van der Waals surface area (Å²) < 4.78 is 16.3. The summed E-state index contributed by atoms with van der Waals surface area (Å²) in [5.41, 5.74) is 13.6. The standard InChI is InChI=1S/C20H20ClN5O3.C14H18N4O2.C11H9N3O3.C9H8N4O2.C6H3Cl2NO.C6H6N2O3.CH4.HI/c1-20(2,3)29-19(28)23-15-12-26(14-7-5-4-6-8-14)25-17(15)24-18(27)13-9-10-16(21)22-11-13;1-14(2,3)20-13(19)16-11-9-18(17-12(11)15)10-7-5-4-6-8-10;1-8(15)11-10(14(16)17)7-13(12-11)9-5-3-2-4-6-9;10-9-8(13(14)15)6-12(11-9)7-4-2-1-3-5-7;7-5-2-1-4(3-9-5)6(8)10;1-4(9)6-5(8(10)11)2-3-7-6;;/h4-12H,1-3H3,(H,23,28)(H,24,25,27);4-9H,1-3H3,(H2,15,17)(H,16,19);2-7H,1H3;1-6H,(H2,10,11);1-3H;2H,3H2,1H3;1H4;1H. The van der Waals surface area contributed by atoms with Crippen LogP contribution in [0.4, 0.5) is 49.8 Å². The predicted molar refractivity (Wildman–Crippen MR) is 403 cm³/mol. The Morgan fingerprint density at radius 1 is 0.510 bits per heavy atom. The van der Waals surface area contributed by atoms with E-state index in [1.54, 1.807) is 106 Å². The molecule has 0 atom stereocenters. The highest BCUT2D eigenvalue weighted by molar-refractivity contribution is 14.0. The SMILES string of the molecule is C.CC(=O)C1=NCC=C1[N+](=O)[O-].CC(=O)c1nn(-c2ccccc2)cc1[N+](=O)[O-].CC(C)(C)OC(=O)Nc1cn(-c2ccccc2)nc1N.CC(C)(C)OC(=O)Nc1cn(-c2ccccc2)nc1NC(=O)c1ccc(Cl)nc1.I.Nc1nn(-c2ccccc2)cc1[N+](=O)[O-].O=C(Cl)c1ccc(Cl)nc1. The lowest BCUT2D eigenvalue weighted by molar-refractivity contribution is -0.414. The lowest BCUT2D eigenvalue weighted by Gasteiger charge is -2.19. The van der Waals surface area contributed by atoms with Gasteiger partial charge in [-0.3, -0.25) is 65.1 Å². The first-order valence-corrected chi connectivity index (χ1v) is 30.9. The van der Waals surface area contributed by atoms with Crippen LogP contribution in [-0.2, 0) is 14.3 Å². The van der Waals surface area contributed by atoms with E-state index in [9.17, 15) is 59.1 Å². The molecule has 37 heteroatoms. The van der Waals surface area contributed by atoms with Gasteiger partial charge >= 0.3 is 23.6 Å². The number of halogens is 4. The maximum atomic E-state index is 12.6. The van der Waals surface area contributed by atoms with Crippen LogP contribution in [0.1, 0.15) is 94.0 Å². The fourth-order valence-electron chi connectivity index (χ4n) is 8.02. The van der Waals surface area contributed by atoms with E-state index in [4.69, 9.17) is 55.7 Å². The van der Waals surface area contributed by atoms with Crippen LogP contribution in [0.2, 0.25) is 10.3 Å². The number of nitrogens with one attached hydrogen (secondary N) is 3. The number of ether oxygens (including phenoxy) is 2. The monoisotopic (exact) mass is 1600 g/mol. The van der Waals surface area contributed by atoms with Crippen LogP contribution in [0.5, 0.6) is 0 Å². The Morgan fingerprint density at radius 3 is 1.27 bits per heavy atom. The molecule has 6 aromatic heterocycles. The molecule has 0 saturated carbocycles. The molecule has 104 heavy (non-hydrogen) atoms. The van der Waals surface area contributed by atoms with E-state index in [1.807, 2.05) is 84.9 Å². The second-order valence-corrected chi connectivity index (χ2v) is 23.7. The van der Waals surface area contributed by atoms with Gasteiger partial charge in [-0.25, -0.2) is 38.3 Å². The molecule has 1 aliphatic heterocycles. The first kappa shape index (κ1) is 84.3. The summed E-state index contributed by atoms with van der Waals surface area (Å²) in [7, 11) is 0. The van der Waals surface area contributed by atoms with Gasteiger partial charge in [-0.2, -0.15) is 5.10 Å². The van der Waals surface area contributed by atoms with Gasteiger partial charge in [0.05, 0.1) is 67.6 Å². The van der Waals surface area contributed by atoms with Crippen LogP contribution in [0.15, 0.2) is 200 Å². The number of ketones is 2. The topological polar surface area (TPSA) is 448 Å². The van der Waals surface area contributed by atoms with Crippen LogP contribution >= 0.6 is 58.8 Å². The lowest BCUT2D eigenvalue weighted by atomic mass is 10.2. The van der Waals surface area contributed by atoms with E-state index < -0.39 is 55.1 Å². The van der Waals surface area contributed by atoms with Crippen molar-refractivity contribution in [2.45, 2.75) is 74.0 Å². The molecule has 0 bridgehead atoms. The lowest BCUT2D eigenvalue weighted by Crippen LogP contribution is -2.27. The molecule has 4 aromatic carbocycles. The minimum Gasteiger partial charge on any atom is -0.444 e. The first-order valence-electron chi connectivity index (χ1n) is 29.7. The summed E-state index contributed by atoms with van der Waals surface area (Å²) in [5.74, 6) is -0.903. The number of anilines is 5. The number of aromatic nitrogens is 10. The normalized spacial score (nSPS) is 10.9. The molecule has 0 unspecified atom stereocenters. The highest BCUT2D eigenvalue weighted by atomic mass is 127. The number of nitrogen functional groups attached to an aromatic ring is 2. The number of hydrogen-bond acceptors (Lipinski definition) is 23. The zero-order chi connectivity index (χ0) is 75.0. The highest BCUT2D eigenvalue weighted by Gasteiger charge is 2.27. The maximum absolute atomic E-state index is 12.6. The number of carbonyl (C=O) groups excluding carboxylic acids is 6. The van der Waals surface area contributed by atoms with Crippen LogP contribution < -0.4 is 27.4 Å². The van der Waals surface area contributed by atoms with Crippen molar-refractivity contribution >= 4 is 140 Å². The van der Waals surface area contributed by atoms with Gasteiger partial charge in [-0.15, -0.1) is 39.3 Å². The summed E-state index contributed by atoms with van der Waals surface area (Å²) in [6.07, 6.45) is 8.58. The molecule has 0 fully saturated rings. The van der Waals surface area contributed by atoms with Crippen molar-refractivity contribution in [3.05, 3.63) is 252 Å². The zero-order valence-corrected chi connectivity index (χ0v) is 60.4. The van der Waals surface area contributed by atoms with Crippen molar-refractivity contribution in [2.24, 2.45) is 4.99 Å². The highest BCUT2D eigenvalue weighted by Crippen LogP contribution is 2.26. The molecule has 11 rings (SSSR count). The molecular weight excluding hydrogens is 1530 g/mol. The number of hydrogen-bond donors (Lipinski definition) is 5. The number of nitrogens with zero attached hydrogens (tertiary/aromatic N) is 14. The van der Waals surface area contributed by atoms with Gasteiger partial charge in [0.2, 0.25) is 11.5 Å². The summed E-state index contributed by atoms with van der Waals surface area (Å²) in [5, 5.41) is 55.8. The Kier molecular flexibility index (Phi) is 31.7. The number of carbonyl (C=O) groups is 6. The molecule has 0 aliphatic carbocycles. The molecule has 0 spiro atoms. The van der Waals surface area contributed by atoms with Gasteiger partial charge in [0.25, 0.3) is 16.8 Å². The van der Waals surface area contributed by atoms with E-state index >= 15 is 0 Å². The molecule has 10 aromatic rings. The van der Waals surface area contributed by atoms with Crippen LogP contribution in [0, 0.1) is 30.3 Å². The molecule has 544 valence electrons. The van der Waals surface area contributed by atoms with E-state index in [0.29, 0.717) is 33.3 Å². The Labute approximate surface area is 625 Å². The third-order valence-electron chi connectivity index (χ3n) is 12.4. The van der Waals surface area contributed by atoms with E-state index in [0.717, 1.165) is 17.1 Å². The van der Waals surface area contributed by atoms with Crippen molar-refractivity contribution in [1.82, 2.24) is 49.1 Å². The molecule has 3 amide bonds. The number of benzene rings is 4. The molecule has 0 radical (unpaired) electrons. The summed E-state index contributed by atoms with van der Waals surface area (Å²) in [6, 6.07) is 42.8. The third kappa shape index (κ3) is 26.4. The molecule has 7 heterocycles. The zero-order valence-electron chi connectivity index (χ0n) is 55.8. The van der Waals surface area contributed by atoms with E-state index in [1.165, 1.54) is 72.3 Å². The number of Topliss-reactive ketones (excluding diaryl/α,β-unsaturated/α-hetero) is 2. The number of pyridine rings is 2. The van der Waals surface area contributed by atoms with Gasteiger partial charge < -0.3 is 26.3 Å². The Balaban J connectivity index is 0.000000273. The summed E-state index contributed by atoms with van der Waals surface area (Å²) in [6.45, 7) is 13.4. The van der Waals surface area contributed by atoms with Gasteiger partial charge in [-0.1, -0.05) is 103 Å². The second kappa shape index (κ2) is 39.2. The molecular formula is C67H69Cl3IN19O14. The average molecular weight is 1600 g/mol. The predicted octanol–water partition coefficient (Wildman–Crippen LogP) is 14.2. The molecule has 1 aliphatic rings. The largest absolute Gasteiger partial charge is 0.444 e. The van der Waals surface area contributed by atoms with E-state index in [2.05, 4.69) is 51.3 Å². The van der Waals surface area contributed by atoms with Gasteiger partial charge in [0.15, 0.2) is 28.9 Å². The Hall–Kier alpha value is -12.2. The number of allylic oxidation sites excluding steroid dienone is 1. The fraction of sp³-hybridized carbons (Fsp3) is 0.179. The number of amides is 3. The number of rotatable bonds is 14. The van der Waals surface area contributed by atoms with Gasteiger partial charge in [0.1, 0.15) is 45.3 Å². The van der Waals surface area contributed by atoms with Crippen molar-refractivity contribution < 1.29 is 53.0 Å². The summed E-state index contributed by atoms with van der Waals surface area (Å²) in [4.78, 5) is 110. The summed E-state index contributed by atoms with van der Waals surface area (Å²) >= 11 is 16.3. The average Bonchev–Trinajstić information content (AvgIpc) is 1.68. The van der Waals surface area contributed by atoms with Crippen LogP contribution in [0.3, 0.4) is 0 Å². The third-order valence-corrected chi connectivity index (χ3v) is 13.1. The van der Waals surface area contributed by atoms with Crippen LogP contribution in [-0.4, -0.2) is 122 Å².